The largest absolute Gasteiger partial charge is 0.436 e. The zero-order valence-electron chi connectivity index (χ0n) is 15.0. The topological polar surface area (TPSA) is 24.9 Å². The minimum absolute atomic E-state index is 0.500. The Morgan fingerprint density at radius 2 is 0.964 bits per heavy atom. The van der Waals surface area contributed by atoms with Crippen molar-refractivity contribution in [2.24, 2.45) is 0 Å². The fourth-order valence-electron chi connectivity index (χ4n) is 3.70. The van der Waals surface area contributed by atoms with E-state index in [0.717, 1.165) is 0 Å². The minimum Gasteiger partial charge on any atom is -0.436 e. The number of nitrogens with zero attached hydrogens (tertiary/aromatic N) is 2. The molecular formula is C22H18N2O2S2. The average molecular weight is 407 g/mol. The van der Waals surface area contributed by atoms with Crippen LogP contribution in [-0.2, 0) is 22.6 Å². The Bertz CT molecular complexity index is 895. The maximum atomic E-state index is 5.87. The molecule has 28 heavy (non-hydrogen) atoms. The Balaban J connectivity index is 1.35. The summed E-state index contributed by atoms with van der Waals surface area (Å²) in [7, 11) is 0. The van der Waals surface area contributed by atoms with Crippen molar-refractivity contribution in [2.75, 3.05) is 0 Å². The van der Waals surface area contributed by atoms with Crippen LogP contribution >= 0.6 is 24.4 Å². The monoisotopic (exact) mass is 406 g/mol. The van der Waals surface area contributed by atoms with Gasteiger partial charge in [0.2, 0.25) is 11.4 Å². The molecule has 2 spiro atoms. The SMILES string of the molecule is S=C1OC2(C=CC3(C=C2)OC(=S)N3Cc2ccccc2)N1Cc1ccccc1. The molecule has 2 aliphatic heterocycles. The molecule has 140 valence electrons. The molecule has 0 atom stereocenters. The number of thiocarbonyl (C=S) groups is 2. The van der Waals surface area contributed by atoms with E-state index in [4.69, 9.17) is 33.9 Å². The van der Waals surface area contributed by atoms with E-state index in [1.54, 1.807) is 0 Å². The highest BCUT2D eigenvalue weighted by molar-refractivity contribution is 7.80. The van der Waals surface area contributed by atoms with Gasteiger partial charge in [-0.25, -0.2) is 0 Å². The van der Waals surface area contributed by atoms with E-state index in [-0.39, 0.29) is 0 Å². The first-order valence-corrected chi connectivity index (χ1v) is 9.92. The average Bonchev–Trinajstić information content (AvgIpc) is 2.73. The van der Waals surface area contributed by atoms with Crippen LogP contribution in [0.25, 0.3) is 0 Å². The predicted molar refractivity (Wildman–Crippen MR) is 115 cm³/mol. The summed E-state index contributed by atoms with van der Waals surface area (Å²) in [6, 6.07) is 20.5. The van der Waals surface area contributed by atoms with Crippen molar-refractivity contribution in [1.82, 2.24) is 9.80 Å². The van der Waals surface area contributed by atoms with Gasteiger partial charge in [0.25, 0.3) is 10.3 Å². The van der Waals surface area contributed by atoms with Gasteiger partial charge in [0.1, 0.15) is 0 Å². The first-order valence-electron chi connectivity index (χ1n) is 9.10. The molecule has 2 fully saturated rings. The number of benzene rings is 2. The predicted octanol–water partition coefficient (Wildman–Crippen LogP) is 4.14. The van der Waals surface area contributed by atoms with E-state index in [2.05, 4.69) is 34.1 Å². The van der Waals surface area contributed by atoms with E-state index < -0.39 is 11.4 Å². The van der Waals surface area contributed by atoms with Gasteiger partial charge in [0, 0.05) is 0 Å². The van der Waals surface area contributed by atoms with Gasteiger partial charge in [0.05, 0.1) is 13.1 Å². The van der Waals surface area contributed by atoms with E-state index >= 15 is 0 Å². The second-order valence-corrected chi connectivity index (χ2v) is 7.75. The molecule has 2 heterocycles. The van der Waals surface area contributed by atoms with Crippen LogP contribution in [0.2, 0.25) is 0 Å². The molecule has 0 radical (unpaired) electrons. The molecule has 0 unspecified atom stereocenters. The standard InChI is InChI=1S/C22H18N2O2S2/c27-19-23(15-17-7-3-1-4-8-17)21(25-19)11-13-22(14-12-21)24(20(28)26-22)16-18-9-5-2-6-10-18/h1-14H,15-16H2. The van der Waals surface area contributed by atoms with Crippen molar-refractivity contribution in [3.63, 3.8) is 0 Å². The maximum Gasteiger partial charge on any atom is 0.265 e. The van der Waals surface area contributed by atoms with Gasteiger partial charge in [-0.2, -0.15) is 0 Å². The molecule has 1 aliphatic carbocycles. The quantitative estimate of drug-likeness (QED) is 0.559. The van der Waals surface area contributed by atoms with Crippen LogP contribution in [0, 0.1) is 0 Å². The first-order chi connectivity index (χ1) is 13.6. The van der Waals surface area contributed by atoms with E-state index in [1.807, 2.05) is 60.7 Å². The molecule has 2 aromatic rings. The maximum absolute atomic E-state index is 5.87. The summed E-state index contributed by atoms with van der Waals surface area (Å²) in [5, 5.41) is 1.00. The minimum atomic E-state index is -0.656. The molecule has 4 nitrogen and oxygen atoms in total. The van der Waals surface area contributed by atoms with Gasteiger partial charge in [0.15, 0.2) is 0 Å². The lowest BCUT2D eigenvalue weighted by Gasteiger charge is -2.55. The summed E-state index contributed by atoms with van der Waals surface area (Å²) < 4.78 is 11.7. The van der Waals surface area contributed by atoms with Gasteiger partial charge in [-0.15, -0.1) is 0 Å². The molecule has 0 N–H and O–H groups in total. The van der Waals surface area contributed by atoms with Crippen molar-refractivity contribution in [2.45, 2.75) is 24.5 Å². The number of ether oxygens (including phenoxy) is 2. The Hall–Kier alpha value is -2.70. The Labute approximate surface area is 174 Å². The van der Waals surface area contributed by atoms with Crippen LogP contribution in [0.4, 0.5) is 0 Å². The summed E-state index contributed by atoms with van der Waals surface area (Å²) in [6.07, 6.45) is 8.02. The van der Waals surface area contributed by atoms with Gasteiger partial charge in [-0.05, 0) is 59.9 Å². The number of rotatable bonds is 4. The fraction of sp³-hybridized carbons (Fsp3) is 0.182. The molecule has 0 amide bonds. The molecule has 5 rings (SSSR count). The molecule has 2 aromatic carbocycles. The summed E-state index contributed by atoms with van der Waals surface area (Å²) in [4.78, 5) is 4.13. The normalized spacial score (nSPS) is 27.4. The molecular weight excluding hydrogens is 388 g/mol. The Kier molecular flexibility index (Phi) is 4.00. The van der Waals surface area contributed by atoms with Gasteiger partial charge < -0.3 is 9.47 Å². The van der Waals surface area contributed by atoms with Crippen LogP contribution in [0.1, 0.15) is 11.1 Å². The fourth-order valence-corrected chi connectivity index (χ4v) is 4.38. The highest BCUT2D eigenvalue weighted by Gasteiger charge is 2.55. The van der Waals surface area contributed by atoms with Crippen LogP contribution in [-0.4, -0.2) is 31.6 Å². The third-order valence-electron chi connectivity index (χ3n) is 5.28. The molecule has 2 saturated heterocycles. The van der Waals surface area contributed by atoms with Crippen molar-refractivity contribution in [3.8, 4) is 0 Å². The Morgan fingerprint density at radius 1 is 0.607 bits per heavy atom. The van der Waals surface area contributed by atoms with Crippen molar-refractivity contribution < 1.29 is 9.47 Å². The van der Waals surface area contributed by atoms with Crippen molar-refractivity contribution >= 4 is 34.8 Å². The molecule has 0 bridgehead atoms. The highest BCUT2D eigenvalue weighted by Crippen LogP contribution is 2.43. The van der Waals surface area contributed by atoms with Gasteiger partial charge in [-0.1, -0.05) is 60.7 Å². The van der Waals surface area contributed by atoms with E-state index in [1.165, 1.54) is 11.1 Å². The molecule has 0 saturated carbocycles. The summed E-state index contributed by atoms with van der Waals surface area (Å²) >= 11 is 10.7. The molecule has 3 aliphatic rings. The lowest BCUT2D eigenvalue weighted by Crippen LogP contribution is -2.67. The van der Waals surface area contributed by atoms with Crippen molar-refractivity contribution in [1.29, 1.82) is 0 Å². The third kappa shape index (κ3) is 2.72. The highest BCUT2D eigenvalue weighted by atomic mass is 32.1. The lowest BCUT2D eigenvalue weighted by atomic mass is 9.94. The Morgan fingerprint density at radius 3 is 1.29 bits per heavy atom. The molecule has 6 heteroatoms. The van der Waals surface area contributed by atoms with E-state index in [0.29, 0.717) is 23.4 Å². The first kappa shape index (κ1) is 17.4. The van der Waals surface area contributed by atoms with Crippen LogP contribution in [0.5, 0.6) is 0 Å². The second kappa shape index (κ2) is 6.43. The smallest absolute Gasteiger partial charge is 0.265 e. The zero-order valence-corrected chi connectivity index (χ0v) is 16.7. The number of hydrogen-bond acceptors (Lipinski definition) is 4. The number of hydrogen-bond donors (Lipinski definition) is 0. The third-order valence-corrected chi connectivity index (χ3v) is 5.88. The molecule has 0 aromatic heterocycles. The van der Waals surface area contributed by atoms with Crippen LogP contribution in [0.3, 0.4) is 0 Å². The lowest BCUT2D eigenvalue weighted by molar-refractivity contribution is -0.102. The summed E-state index contributed by atoms with van der Waals surface area (Å²) in [5.74, 6) is 0. The van der Waals surface area contributed by atoms with Crippen LogP contribution in [0.15, 0.2) is 85.0 Å². The zero-order chi connectivity index (χ0) is 19.2. The van der Waals surface area contributed by atoms with Gasteiger partial charge >= 0.3 is 0 Å². The van der Waals surface area contributed by atoms with Crippen LogP contribution < -0.4 is 0 Å². The van der Waals surface area contributed by atoms with E-state index in [9.17, 15) is 0 Å². The second-order valence-electron chi connectivity index (χ2n) is 7.05. The summed E-state index contributed by atoms with van der Waals surface area (Å²) in [5.41, 5.74) is 1.05. The van der Waals surface area contributed by atoms with Gasteiger partial charge in [-0.3, -0.25) is 9.80 Å². The summed E-state index contributed by atoms with van der Waals surface area (Å²) in [6.45, 7) is 1.38. The van der Waals surface area contributed by atoms with Crippen molar-refractivity contribution in [3.05, 3.63) is 96.1 Å².